The highest BCUT2D eigenvalue weighted by Gasteiger charge is 2.10. The lowest BCUT2D eigenvalue weighted by Crippen LogP contribution is -1.99. The summed E-state index contributed by atoms with van der Waals surface area (Å²) in [5, 5.41) is 0. The van der Waals surface area contributed by atoms with E-state index in [2.05, 4.69) is 0 Å². The Kier molecular flexibility index (Phi) is 3.85. The highest BCUT2D eigenvalue weighted by atomic mass is 16.5. The topological polar surface area (TPSA) is 52.6 Å². The Bertz CT molecular complexity index is 371. The van der Waals surface area contributed by atoms with Crippen LogP contribution in [-0.4, -0.2) is 26.3 Å². The number of hydrogen-bond acceptors (Lipinski definition) is 4. The summed E-state index contributed by atoms with van der Waals surface area (Å²) in [7, 11) is 1.44. The molecule has 4 nitrogen and oxygen atoms in total. The van der Waals surface area contributed by atoms with Crippen LogP contribution < -0.4 is 9.47 Å². The Balaban J connectivity index is 3.28. The molecule has 0 saturated heterocycles. The van der Waals surface area contributed by atoms with Gasteiger partial charge in [-0.3, -0.25) is 9.59 Å². The van der Waals surface area contributed by atoms with Crippen molar-refractivity contribution in [2.24, 2.45) is 0 Å². The van der Waals surface area contributed by atoms with Gasteiger partial charge in [-0.25, -0.2) is 0 Å². The van der Waals surface area contributed by atoms with Crippen LogP contribution in [0.15, 0.2) is 12.1 Å². The predicted octanol–water partition coefficient (Wildman–Crippen LogP) is 1.72. The van der Waals surface area contributed by atoms with Crippen LogP contribution in [0.2, 0.25) is 0 Å². The molecule has 0 bridgehead atoms. The molecule has 80 valence electrons. The highest BCUT2D eigenvalue weighted by Crippen LogP contribution is 2.26. The van der Waals surface area contributed by atoms with Gasteiger partial charge in [0, 0.05) is 11.6 Å². The van der Waals surface area contributed by atoms with Crippen LogP contribution in [0.4, 0.5) is 0 Å². The molecule has 0 unspecified atom stereocenters. The van der Waals surface area contributed by atoms with E-state index in [1.165, 1.54) is 13.2 Å². The smallest absolute Gasteiger partial charge is 0.154 e. The number of aldehydes is 2. The van der Waals surface area contributed by atoms with Crippen LogP contribution in [0.5, 0.6) is 11.5 Å². The molecule has 1 aromatic carbocycles. The van der Waals surface area contributed by atoms with Crippen molar-refractivity contribution in [1.82, 2.24) is 0 Å². The zero-order valence-corrected chi connectivity index (χ0v) is 8.65. The number of ether oxygens (including phenoxy) is 2. The second kappa shape index (κ2) is 5.14. The van der Waals surface area contributed by atoms with E-state index in [9.17, 15) is 9.59 Å². The second-order valence-corrected chi connectivity index (χ2v) is 2.80. The minimum atomic E-state index is 0.246. The Morgan fingerprint density at radius 2 is 2.00 bits per heavy atom. The van der Waals surface area contributed by atoms with Crippen molar-refractivity contribution in [3.05, 3.63) is 23.3 Å². The van der Waals surface area contributed by atoms with E-state index in [0.717, 1.165) is 0 Å². The van der Waals surface area contributed by atoms with E-state index >= 15 is 0 Å². The molecular weight excluding hydrogens is 196 g/mol. The first-order valence-corrected chi connectivity index (χ1v) is 4.52. The summed E-state index contributed by atoms with van der Waals surface area (Å²) in [6.45, 7) is 2.32. The van der Waals surface area contributed by atoms with Crippen molar-refractivity contribution >= 4 is 12.6 Å². The number of carbonyl (C=O) groups is 2. The molecule has 15 heavy (non-hydrogen) atoms. The van der Waals surface area contributed by atoms with Crippen LogP contribution >= 0.6 is 0 Å². The minimum absolute atomic E-state index is 0.246. The van der Waals surface area contributed by atoms with Crippen LogP contribution in [0, 0.1) is 0 Å². The summed E-state index contributed by atoms with van der Waals surface area (Å²) in [5.74, 6) is 0.861. The van der Waals surface area contributed by atoms with Gasteiger partial charge in [0.1, 0.15) is 11.5 Å². The molecule has 1 rings (SSSR count). The Morgan fingerprint density at radius 1 is 1.27 bits per heavy atom. The fraction of sp³-hybridized carbons (Fsp3) is 0.273. The lowest BCUT2D eigenvalue weighted by Gasteiger charge is -2.09. The summed E-state index contributed by atoms with van der Waals surface area (Å²) < 4.78 is 10.2. The zero-order chi connectivity index (χ0) is 11.3. The van der Waals surface area contributed by atoms with Gasteiger partial charge in [-0.2, -0.15) is 0 Å². The van der Waals surface area contributed by atoms with Gasteiger partial charge in [-0.1, -0.05) is 0 Å². The standard InChI is InChI=1S/C11H12O4/c1-3-15-9-4-8(6-12)10(7-13)11(5-9)14-2/h4-7H,3H2,1-2H3. The van der Waals surface area contributed by atoms with Gasteiger partial charge < -0.3 is 9.47 Å². The maximum atomic E-state index is 10.8. The molecule has 0 N–H and O–H groups in total. The molecule has 0 atom stereocenters. The minimum Gasteiger partial charge on any atom is -0.496 e. The van der Waals surface area contributed by atoms with E-state index in [1.807, 2.05) is 6.92 Å². The van der Waals surface area contributed by atoms with E-state index < -0.39 is 0 Å². The summed E-state index contributed by atoms with van der Waals surface area (Å²) in [6, 6.07) is 3.10. The Hall–Kier alpha value is -1.84. The Labute approximate surface area is 87.8 Å². The third-order valence-electron chi connectivity index (χ3n) is 1.92. The molecule has 0 heterocycles. The quantitative estimate of drug-likeness (QED) is 0.691. The van der Waals surface area contributed by atoms with Crippen LogP contribution in [0.25, 0.3) is 0 Å². The molecule has 0 aliphatic rings. The van der Waals surface area contributed by atoms with E-state index in [1.54, 1.807) is 6.07 Å². The average molecular weight is 208 g/mol. The van der Waals surface area contributed by atoms with E-state index in [0.29, 0.717) is 30.7 Å². The summed E-state index contributed by atoms with van der Waals surface area (Å²) >= 11 is 0. The van der Waals surface area contributed by atoms with Gasteiger partial charge in [0.25, 0.3) is 0 Å². The zero-order valence-electron chi connectivity index (χ0n) is 8.65. The molecular formula is C11H12O4. The monoisotopic (exact) mass is 208 g/mol. The number of methoxy groups -OCH3 is 1. The maximum Gasteiger partial charge on any atom is 0.154 e. The Morgan fingerprint density at radius 3 is 2.47 bits per heavy atom. The number of rotatable bonds is 5. The highest BCUT2D eigenvalue weighted by molar-refractivity contribution is 5.93. The molecule has 0 saturated carbocycles. The average Bonchev–Trinajstić information content (AvgIpc) is 2.28. The second-order valence-electron chi connectivity index (χ2n) is 2.80. The van der Waals surface area contributed by atoms with Crippen LogP contribution in [0.1, 0.15) is 27.6 Å². The first kappa shape index (κ1) is 11.2. The predicted molar refractivity (Wildman–Crippen MR) is 54.9 cm³/mol. The lowest BCUT2D eigenvalue weighted by molar-refractivity contribution is 0.109. The lowest BCUT2D eigenvalue weighted by atomic mass is 10.1. The fourth-order valence-electron chi connectivity index (χ4n) is 1.26. The molecule has 4 heteroatoms. The first-order valence-electron chi connectivity index (χ1n) is 4.52. The fourth-order valence-corrected chi connectivity index (χ4v) is 1.26. The van der Waals surface area contributed by atoms with E-state index in [-0.39, 0.29) is 11.1 Å². The molecule has 0 amide bonds. The number of hydrogen-bond donors (Lipinski definition) is 0. The molecule has 0 aromatic heterocycles. The van der Waals surface area contributed by atoms with Gasteiger partial charge in [0.05, 0.1) is 19.3 Å². The molecule has 0 radical (unpaired) electrons. The SMILES string of the molecule is CCOc1cc(C=O)c(C=O)c(OC)c1. The van der Waals surface area contributed by atoms with Crippen molar-refractivity contribution < 1.29 is 19.1 Å². The molecule has 1 aromatic rings. The van der Waals surface area contributed by atoms with Crippen LogP contribution in [-0.2, 0) is 0 Å². The normalized spacial score (nSPS) is 9.47. The summed E-state index contributed by atoms with van der Waals surface area (Å²) in [6.07, 6.45) is 1.20. The van der Waals surface area contributed by atoms with Gasteiger partial charge >= 0.3 is 0 Å². The van der Waals surface area contributed by atoms with Crippen molar-refractivity contribution in [1.29, 1.82) is 0 Å². The first-order chi connectivity index (χ1) is 7.26. The van der Waals surface area contributed by atoms with Gasteiger partial charge in [-0.15, -0.1) is 0 Å². The molecule has 0 spiro atoms. The number of carbonyl (C=O) groups excluding carboxylic acids is 2. The van der Waals surface area contributed by atoms with Crippen molar-refractivity contribution in [2.45, 2.75) is 6.92 Å². The van der Waals surface area contributed by atoms with Crippen molar-refractivity contribution in [2.75, 3.05) is 13.7 Å². The van der Waals surface area contributed by atoms with Crippen molar-refractivity contribution in [3.63, 3.8) is 0 Å². The molecule has 0 aliphatic carbocycles. The third kappa shape index (κ3) is 2.34. The van der Waals surface area contributed by atoms with Gasteiger partial charge in [-0.05, 0) is 13.0 Å². The summed E-state index contributed by atoms with van der Waals surface area (Å²) in [4.78, 5) is 21.5. The maximum absolute atomic E-state index is 10.8. The largest absolute Gasteiger partial charge is 0.496 e. The van der Waals surface area contributed by atoms with Crippen molar-refractivity contribution in [3.8, 4) is 11.5 Å². The molecule has 0 aliphatic heterocycles. The third-order valence-corrected chi connectivity index (χ3v) is 1.92. The van der Waals surface area contributed by atoms with Gasteiger partial charge in [0.15, 0.2) is 12.6 Å². The summed E-state index contributed by atoms with van der Waals surface area (Å²) in [5.41, 5.74) is 0.517. The van der Waals surface area contributed by atoms with Crippen LogP contribution in [0.3, 0.4) is 0 Å². The van der Waals surface area contributed by atoms with Gasteiger partial charge in [0.2, 0.25) is 0 Å². The molecule has 0 fully saturated rings. The number of benzene rings is 1. The van der Waals surface area contributed by atoms with E-state index in [4.69, 9.17) is 9.47 Å².